The standard InChI is InChI=1S/C21H21NO3.ClH/c23-21(24-14-13-22-11-4-5-12-22)18-10-6-9-17-15-19(25-20(17)18)16-7-2-1-3-8-16;/h1-3,6-10,15H,4-5,11-14H2;1H. The van der Waals surface area contributed by atoms with Crippen LogP contribution >= 0.6 is 12.4 Å². The Morgan fingerprint density at radius 3 is 2.58 bits per heavy atom. The highest BCUT2D eigenvalue weighted by atomic mass is 35.5. The Balaban J connectivity index is 0.00000196. The van der Waals surface area contributed by atoms with E-state index >= 15 is 0 Å². The molecule has 1 fully saturated rings. The molecule has 0 spiro atoms. The monoisotopic (exact) mass is 371 g/mol. The number of hydrogen-bond acceptors (Lipinski definition) is 4. The number of esters is 1. The van der Waals surface area contributed by atoms with E-state index in [4.69, 9.17) is 9.15 Å². The fraction of sp³-hybridized carbons (Fsp3) is 0.286. The molecule has 136 valence electrons. The molecule has 1 saturated heterocycles. The first kappa shape index (κ1) is 18.5. The van der Waals surface area contributed by atoms with E-state index in [0.717, 1.165) is 36.3 Å². The first-order valence-electron chi connectivity index (χ1n) is 8.79. The lowest BCUT2D eigenvalue weighted by Crippen LogP contribution is -2.25. The molecule has 0 radical (unpaired) electrons. The van der Waals surface area contributed by atoms with Crippen molar-refractivity contribution in [3.05, 3.63) is 60.2 Å². The van der Waals surface area contributed by atoms with Crippen LogP contribution in [-0.4, -0.2) is 37.1 Å². The van der Waals surface area contributed by atoms with E-state index in [2.05, 4.69) is 4.90 Å². The Hall–Kier alpha value is -2.30. The van der Waals surface area contributed by atoms with Crippen molar-refractivity contribution in [1.82, 2.24) is 4.90 Å². The van der Waals surface area contributed by atoms with Crippen LogP contribution in [0.25, 0.3) is 22.3 Å². The number of para-hydroxylation sites is 1. The predicted octanol–water partition coefficient (Wildman–Crippen LogP) is 4.77. The van der Waals surface area contributed by atoms with Crippen molar-refractivity contribution in [2.24, 2.45) is 0 Å². The molecule has 0 amide bonds. The number of ether oxygens (including phenoxy) is 1. The van der Waals surface area contributed by atoms with Gasteiger partial charge in [0.1, 0.15) is 23.5 Å². The molecule has 1 aliphatic rings. The first-order chi connectivity index (χ1) is 12.3. The van der Waals surface area contributed by atoms with Crippen molar-refractivity contribution >= 4 is 29.3 Å². The van der Waals surface area contributed by atoms with Crippen LogP contribution in [-0.2, 0) is 4.74 Å². The Kier molecular flexibility index (Phi) is 5.96. The van der Waals surface area contributed by atoms with Gasteiger partial charge in [-0.3, -0.25) is 4.90 Å². The molecule has 1 aliphatic heterocycles. The quantitative estimate of drug-likeness (QED) is 0.605. The highest BCUT2D eigenvalue weighted by molar-refractivity contribution is 6.03. The van der Waals surface area contributed by atoms with E-state index < -0.39 is 0 Å². The van der Waals surface area contributed by atoms with Gasteiger partial charge in [-0.25, -0.2) is 4.79 Å². The average molecular weight is 372 g/mol. The number of halogens is 1. The van der Waals surface area contributed by atoms with E-state index in [1.54, 1.807) is 6.07 Å². The molecule has 0 atom stereocenters. The number of nitrogens with zero attached hydrogens (tertiary/aromatic N) is 1. The summed E-state index contributed by atoms with van der Waals surface area (Å²) in [5.74, 6) is 0.437. The molecule has 1 aromatic heterocycles. The number of carbonyl (C=O) groups excluding carboxylic acids is 1. The summed E-state index contributed by atoms with van der Waals surface area (Å²) >= 11 is 0. The van der Waals surface area contributed by atoms with Gasteiger partial charge in [0.2, 0.25) is 0 Å². The van der Waals surface area contributed by atoms with Gasteiger partial charge in [0.25, 0.3) is 0 Å². The van der Waals surface area contributed by atoms with Crippen LogP contribution in [0, 0.1) is 0 Å². The van der Waals surface area contributed by atoms with E-state index in [1.807, 2.05) is 48.5 Å². The third kappa shape index (κ3) is 3.92. The first-order valence-corrected chi connectivity index (χ1v) is 8.79. The summed E-state index contributed by atoms with van der Waals surface area (Å²) in [7, 11) is 0. The number of likely N-dealkylation sites (tertiary alicyclic amines) is 1. The van der Waals surface area contributed by atoms with Crippen LogP contribution in [0.2, 0.25) is 0 Å². The van der Waals surface area contributed by atoms with E-state index in [9.17, 15) is 4.79 Å². The van der Waals surface area contributed by atoms with Crippen LogP contribution in [0.15, 0.2) is 59.0 Å². The van der Waals surface area contributed by atoms with Gasteiger partial charge >= 0.3 is 5.97 Å². The summed E-state index contributed by atoms with van der Waals surface area (Å²) < 4.78 is 11.4. The molecular weight excluding hydrogens is 350 g/mol. The lowest BCUT2D eigenvalue weighted by atomic mass is 10.1. The largest absolute Gasteiger partial charge is 0.461 e. The molecule has 0 aliphatic carbocycles. The van der Waals surface area contributed by atoms with Gasteiger partial charge in [0.15, 0.2) is 0 Å². The van der Waals surface area contributed by atoms with E-state index in [1.165, 1.54) is 12.8 Å². The van der Waals surface area contributed by atoms with Gasteiger partial charge < -0.3 is 9.15 Å². The van der Waals surface area contributed by atoms with Crippen molar-refractivity contribution in [1.29, 1.82) is 0 Å². The fourth-order valence-corrected chi connectivity index (χ4v) is 3.32. The fourth-order valence-electron chi connectivity index (χ4n) is 3.32. The molecule has 2 aromatic carbocycles. The van der Waals surface area contributed by atoms with Crippen molar-refractivity contribution in [3.63, 3.8) is 0 Å². The number of fused-ring (bicyclic) bond motifs is 1. The van der Waals surface area contributed by atoms with Crippen LogP contribution in [0.3, 0.4) is 0 Å². The molecule has 0 N–H and O–H groups in total. The van der Waals surface area contributed by atoms with Crippen molar-refractivity contribution in [2.45, 2.75) is 12.8 Å². The number of rotatable bonds is 5. The Morgan fingerprint density at radius 1 is 1.04 bits per heavy atom. The zero-order valence-corrected chi connectivity index (χ0v) is 15.3. The molecule has 2 heterocycles. The second-order valence-electron chi connectivity index (χ2n) is 6.39. The topological polar surface area (TPSA) is 42.7 Å². The molecule has 3 aromatic rings. The Labute approximate surface area is 159 Å². The smallest absolute Gasteiger partial charge is 0.342 e. The highest BCUT2D eigenvalue weighted by Gasteiger charge is 2.17. The minimum atomic E-state index is -0.321. The Morgan fingerprint density at radius 2 is 1.81 bits per heavy atom. The zero-order chi connectivity index (χ0) is 17.1. The number of furan rings is 1. The lowest BCUT2D eigenvalue weighted by Gasteiger charge is -2.14. The number of benzene rings is 2. The van der Waals surface area contributed by atoms with Crippen molar-refractivity contribution in [2.75, 3.05) is 26.2 Å². The lowest BCUT2D eigenvalue weighted by molar-refractivity contribution is 0.0473. The maximum atomic E-state index is 12.5. The molecule has 0 unspecified atom stereocenters. The summed E-state index contributed by atoms with van der Waals surface area (Å²) in [4.78, 5) is 14.8. The van der Waals surface area contributed by atoms with Crippen LogP contribution < -0.4 is 0 Å². The highest BCUT2D eigenvalue weighted by Crippen LogP contribution is 2.30. The van der Waals surface area contributed by atoms with Crippen molar-refractivity contribution in [3.8, 4) is 11.3 Å². The summed E-state index contributed by atoms with van der Waals surface area (Å²) in [6.45, 7) is 3.42. The van der Waals surface area contributed by atoms with Crippen molar-refractivity contribution < 1.29 is 13.9 Å². The van der Waals surface area contributed by atoms with E-state index in [0.29, 0.717) is 17.8 Å². The normalized spacial score (nSPS) is 14.3. The van der Waals surface area contributed by atoms with Crippen LogP contribution in [0.5, 0.6) is 0 Å². The predicted molar refractivity (Wildman–Crippen MR) is 105 cm³/mol. The second-order valence-corrected chi connectivity index (χ2v) is 6.39. The molecule has 26 heavy (non-hydrogen) atoms. The SMILES string of the molecule is Cl.O=C(OCCN1CCCC1)c1cccc2cc(-c3ccccc3)oc12. The van der Waals surface area contributed by atoms with Gasteiger partial charge in [0, 0.05) is 17.5 Å². The summed E-state index contributed by atoms with van der Waals surface area (Å²) in [6, 6.07) is 17.4. The molecule has 0 bridgehead atoms. The maximum absolute atomic E-state index is 12.5. The molecule has 0 saturated carbocycles. The molecule has 5 heteroatoms. The van der Waals surface area contributed by atoms with Gasteiger partial charge in [-0.2, -0.15) is 0 Å². The minimum Gasteiger partial charge on any atom is -0.461 e. The minimum absolute atomic E-state index is 0. The zero-order valence-electron chi connectivity index (χ0n) is 14.5. The van der Waals surface area contributed by atoms with Gasteiger partial charge in [-0.1, -0.05) is 42.5 Å². The van der Waals surface area contributed by atoms with E-state index in [-0.39, 0.29) is 18.4 Å². The summed E-state index contributed by atoms with van der Waals surface area (Å²) in [6.07, 6.45) is 2.48. The maximum Gasteiger partial charge on any atom is 0.342 e. The molecular formula is C21H22ClNO3. The molecule has 4 nitrogen and oxygen atoms in total. The number of hydrogen-bond donors (Lipinski definition) is 0. The summed E-state index contributed by atoms with van der Waals surface area (Å²) in [5, 5.41) is 0.910. The van der Waals surface area contributed by atoms with Gasteiger partial charge in [0.05, 0.1) is 0 Å². The second kappa shape index (κ2) is 8.39. The average Bonchev–Trinajstić information content (AvgIpc) is 3.31. The third-order valence-corrected chi connectivity index (χ3v) is 4.66. The summed E-state index contributed by atoms with van der Waals surface area (Å²) in [5.41, 5.74) is 2.07. The third-order valence-electron chi connectivity index (χ3n) is 4.66. The van der Waals surface area contributed by atoms with Gasteiger partial charge in [-0.15, -0.1) is 12.4 Å². The Bertz CT molecular complexity index is 869. The molecule has 4 rings (SSSR count). The number of carbonyl (C=O) groups is 1. The van der Waals surface area contributed by atoms with Gasteiger partial charge in [-0.05, 0) is 38.1 Å². The van der Waals surface area contributed by atoms with Crippen LogP contribution in [0.4, 0.5) is 0 Å². The van der Waals surface area contributed by atoms with Crippen LogP contribution in [0.1, 0.15) is 23.2 Å².